The molecule has 0 unspecified atom stereocenters. The summed E-state index contributed by atoms with van der Waals surface area (Å²) in [4.78, 5) is 22.7. The van der Waals surface area contributed by atoms with Crippen LogP contribution < -0.4 is 14.8 Å². The van der Waals surface area contributed by atoms with Gasteiger partial charge in [0.2, 0.25) is 10.0 Å². The smallest absolute Gasteiger partial charge is 0.272 e. The number of nitrogens with one attached hydrogen (secondary N) is 2. The van der Waals surface area contributed by atoms with Crippen LogP contribution in [0.4, 0.5) is 17.1 Å². The van der Waals surface area contributed by atoms with Gasteiger partial charge >= 0.3 is 0 Å². The minimum Gasteiger partial charge on any atom is -0.495 e. The number of sulfonamides is 1. The predicted molar refractivity (Wildman–Crippen MR) is 97.2 cm³/mol. The number of methoxy groups -OCH3 is 1. The lowest BCUT2D eigenvalue weighted by Gasteiger charge is -2.12. The van der Waals surface area contributed by atoms with E-state index in [2.05, 4.69) is 10.0 Å². The summed E-state index contributed by atoms with van der Waals surface area (Å²) in [6, 6.07) is 8.48. The Hall–Kier alpha value is -3.14. The second-order valence-electron chi connectivity index (χ2n) is 5.50. The first-order valence-corrected chi connectivity index (χ1v) is 9.22. The third kappa shape index (κ3) is 4.70. The fourth-order valence-electron chi connectivity index (χ4n) is 2.27. The van der Waals surface area contributed by atoms with Gasteiger partial charge in [0.15, 0.2) is 0 Å². The van der Waals surface area contributed by atoms with E-state index in [0.717, 1.165) is 6.26 Å². The van der Waals surface area contributed by atoms with Crippen molar-refractivity contribution in [1.29, 1.82) is 0 Å². The van der Waals surface area contributed by atoms with Crippen LogP contribution in [-0.2, 0) is 10.0 Å². The summed E-state index contributed by atoms with van der Waals surface area (Å²) in [5.74, 6) is -0.196. The third-order valence-corrected chi connectivity index (χ3v) is 4.00. The monoisotopic (exact) mass is 379 g/mol. The van der Waals surface area contributed by atoms with Gasteiger partial charge in [0.1, 0.15) is 5.75 Å². The molecular formula is C16H17N3O6S. The number of ether oxygens (including phenoxy) is 1. The topological polar surface area (TPSA) is 128 Å². The standard InChI is InChI=1S/C16H17N3O6S/c1-10-8-11(4-6-14(10)19(21)22)16(20)17-12-5-7-15(25-2)13(9-12)18-26(3,23)24/h4-9,18H,1-3H3,(H,17,20). The second kappa shape index (κ2) is 7.40. The van der Waals surface area contributed by atoms with Crippen molar-refractivity contribution >= 4 is 33.0 Å². The predicted octanol–water partition coefficient (Wildman–Crippen LogP) is 2.54. The Kier molecular flexibility index (Phi) is 5.46. The molecule has 0 bridgehead atoms. The number of carbonyl (C=O) groups excluding carboxylic acids is 1. The van der Waals surface area contributed by atoms with Crippen LogP contribution in [0.1, 0.15) is 15.9 Å². The molecule has 1 amide bonds. The Morgan fingerprint density at radius 1 is 1.19 bits per heavy atom. The molecule has 0 heterocycles. The van der Waals surface area contributed by atoms with Crippen molar-refractivity contribution < 1.29 is 22.9 Å². The van der Waals surface area contributed by atoms with Crippen molar-refractivity contribution in [2.45, 2.75) is 6.92 Å². The fraction of sp³-hybridized carbons (Fsp3) is 0.188. The molecule has 0 saturated heterocycles. The number of anilines is 2. The first kappa shape index (κ1) is 19.2. The zero-order valence-electron chi connectivity index (χ0n) is 14.3. The summed E-state index contributed by atoms with van der Waals surface area (Å²) in [6.07, 6.45) is 0.997. The molecule has 10 heteroatoms. The van der Waals surface area contributed by atoms with Gasteiger partial charge in [-0.1, -0.05) is 0 Å². The van der Waals surface area contributed by atoms with Crippen LogP contribution in [0.5, 0.6) is 5.75 Å². The van der Waals surface area contributed by atoms with E-state index in [1.165, 1.54) is 44.4 Å². The third-order valence-electron chi connectivity index (χ3n) is 3.41. The Balaban J connectivity index is 2.27. The van der Waals surface area contributed by atoms with Crippen LogP contribution in [0, 0.1) is 17.0 Å². The van der Waals surface area contributed by atoms with E-state index in [4.69, 9.17) is 4.74 Å². The SMILES string of the molecule is COc1ccc(NC(=O)c2ccc([N+](=O)[O-])c(C)c2)cc1NS(C)(=O)=O. The maximum absolute atomic E-state index is 12.3. The lowest BCUT2D eigenvalue weighted by atomic mass is 10.1. The van der Waals surface area contributed by atoms with Crippen LogP contribution >= 0.6 is 0 Å². The quantitative estimate of drug-likeness (QED) is 0.586. The fourth-order valence-corrected chi connectivity index (χ4v) is 2.83. The van der Waals surface area contributed by atoms with E-state index in [1.54, 1.807) is 6.07 Å². The van der Waals surface area contributed by atoms with Crippen molar-refractivity contribution in [2.75, 3.05) is 23.4 Å². The number of nitro benzene ring substituents is 1. The van der Waals surface area contributed by atoms with E-state index in [1.807, 2.05) is 0 Å². The number of hydrogen-bond acceptors (Lipinski definition) is 6. The molecule has 0 radical (unpaired) electrons. The number of aryl methyl sites for hydroxylation is 1. The maximum Gasteiger partial charge on any atom is 0.272 e. The highest BCUT2D eigenvalue weighted by molar-refractivity contribution is 7.92. The lowest BCUT2D eigenvalue weighted by Crippen LogP contribution is -2.14. The Morgan fingerprint density at radius 2 is 1.88 bits per heavy atom. The average Bonchev–Trinajstić information content (AvgIpc) is 2.53. The molecule has 0 aromatic heterocycles. The van der Waals surface area contributed by atoms with Gasteiger partial charge in [-0.2, -0.15) is 0 Å². The molecule has 0 fully saturated rings. The second-order valence-corrected chi connectivity index (χ2v) is 7.25. The van der Waals surface area contributed by atoms with E-state index in [-0.39, 0.29) is 16.9 Å². The molecular weight excluding hydrogens is 362 g/mol. The van der Waals surface area contributed by atoms with Crippen LogP contribution in [0.3, 0.4) is 0 Å². The molecule has 0 aliphatic rings. The summed E-state index contributed by atoms with van der Waals surface area (Å²) in [5, 5.41) is 13.5. The highest BCUT2D eigenvalue weighted by Gasteiger charge is 2.15. The normalized spacial score (nSPS) is 10.9. The highest BCUT2D eigenvalue weighted by atomic mass is 32.2. The van der Waals surface area contributed by atoms with Crippen molar-refractivity contribution in [2.24, 2.45) is 0 Å². The number of nitro groups is 1. The van der Waals surface area contributed by atoms with Gasteiger partial charge in [0, 0.05) is 22.9 Å². The molecule has 0 atom stereocenters. The lowest BCUT2D eigenvalue weighted by molar-refractivity contribution is -0.385. The van der Waals surface area contributed by atoms with Gasteiger partial charge in [0.05, 0.1) is 24.0 Å². The number of hydrogen-bond donors (Lipinski definition) is 2. The molecule has 0 saturated carbocycles. The first-order chi connectivity index (χ1) is 12.1. The molecule has 26 heavy (non-hydrogen) atoms. The number of benzene rings is 2. The Bertz CT molecular complexity index is 972. The number of nitrogens with zero attached hydrogens (tertiary/aromatic N) is 1. The van der Waals surface area contributed by atoms with Gasteiger partial charge in [-0.25, -0.2) is 8.42 Å². The van der Waals surface area contributed by atoms with Crippen molar-refractivity contribution in [3.63, 3.8) is 0 Å². The van der Waals surface area contributed by atoms with Gasteiger partial charge < -0.3 is 10.1 Å². The number of rotatable bonds is 6. The van der Waals surface area contributed by atoms with E-state index < -0.39 is 20.9 Å². The molecule has 0 spiro atoms. The van der Waals surface area contributed by atoms with E-state index >= 15 is 0 Å². The Morgan fingerprint density at radius 3 is 2.42 bits per heavy atom. The van der Waals surface area contributed by atoms with E-state index in [9.17, 15) is 23.3 Å². The summed E-state index contributed by atoms with van der Waals surface area (Å²) in [6.45, 7) is 1.54. The average molecular weight is 379 g/mol. The minimum absolute atomic E-state index is 0.0781. The molecule has 2 aromatic carbocycles. The zero-order valence-corrected chi connectivity index (χ0v) is 15.1. The molecule has 2 aromatic rings. The van der Waals surface area contributed by atoms with Crippen molar-refractivity contribution in [3.05, 3.63) is 57.6 Å². The minimum atomic E-state index is -3.53. The molecule has 9 nitrogen and oxygen atoms in total. The molecule has 138 valence electrons. The van der Waals surface area contributed by atoms with Crippen molar-refractivity contribution in [1.82, 2.24) is 0 Å². The molecule has 2 rings (SSSR count). The summed E-state index contributed by atoms with van der Waals surface area (Å²) in [7, 11) is -2.14. The largest absolute Gasteiger partial charge is 0.495 e. The summed E-state index contributed by atoms with van der Waals surface area (Å²) in [5.41, 5.74) is 1.02. The summed E-state index contributed by atoms with van der Waals surface area (Å²) >= 11 is 0. The van der Waals surface area contributed by atoms with Gasteiger partial charge in [-0.15, -0.1) is 0 Å². The van der Waals surface area contributed by atoms with Crippen molar-refractivity contribution in [3.8, 4) is 5.75 Å². The highest BCUT2D eigenvalue weighted by Crippen LogP contribution is 2.29. The zero-order chi connectivity index (χ0) is 19.5. The van der Waals surface area contributed by atoms with Gasteiger partial charge in [0.25, 0.3) is 11.6 Å². The summed E-state index contributed by atoms with van der Waals surface area (Å²) < 4.78 is 30.3. The van der Waals surface area contributed by atoms with Crippen LogP contribution in [-0.4, -0.2) is 32.6 Å². The van der Waals surface area contributed by atoms with E-state index in [0.29, 0.717) is 17.0 Å². The van der Waals surface area contributed by atoms with Gasteiger partial charge in [-0.05, 0) is 37.3 Å². The molecule has 2 N–H and O–H groups in total. The van der Waals surface area contributed by atoms with Gasteiger partial charge in [-0.3, -0.25) is 19.6 Å². The first-order valence-electron chi connectivity index (χ1n) is 7.33. The van der Waals surface area contributed by atoms with Crippen LogP contribution in [0.25, 0.3) is 0 Å². The number of carbonyl (C=O) groups is 1. The molecule has 0 aliphatic carbocycles. The number of amides is 1. The Labute approximate surface area is 150 Å². The van der Waals surface area contributed by atoms with Crippen LogP contribution in [0.2, 0.25) is 0 Å². The van der Waals surface area contributed by atoms with Crippen LogP contribution in [0.15, 0.2) is 36.4 Å². The maximum atomic E-state index is 12.3. The molecule has 0 aliphatic heterocycles.